The summed E-state index contributed by atoms with van der Waals surface area (Å²) in [4.78, 5) is 4.28. The van der Waals surface area contributed by atoms with E-state index in [-0.39, 0.29) is 28.1 Å². The summed E-state index contributed by atoms with van der Waals surface area (Å²) < 4.78 is 70.9. The third kappa shape index (κ3) is 5.29. The van der Waals surface area contributed by atoms with Gasteiger partial charge in [0.15, 0.2) is 0 Å². The molecule has 0 saturated heterocycles. The lowest BCUT2D eigenvalue weighted by molar-refractivity contribution is -0.137. The number of rotatable bonds is 6. The Labute approximate surface area is 172 Å². The molecule has 5 nitrogen and oxygen atoms in total. The van der Waals surface area contributed by atoms with Crippen molar-refractivity contribution in [2.75, 3.05) is 4.72 Å². The molecule has 9 heteroatoms. The fourth-order valence-electron chi connectivity index (χ4n) is 2.56. The van der Waals surface area contributed by atoms with Gasteiger partial charge in [0, 0.05) is 5.69 Å². The number of ether oxygens (including phenoxy) is 1. The Morgan fingerprint density at radius 1 is 0.900 bits per heavy atom. The summed E-state index contributed by atoms with van der Waals surface area (Å²) in [5.41, 5.74) is -0.0204. The molecule has 0 unspecified atom stereocenters. The predicted molar refractivity (Wildman–Crippen MR) is 107 cm³/mol. The van der Waals surface area contributed by atoms with Gasteiger partial charge in [-0.1, -0.05) is 19.9 Å². The lowest BCUT2D eigenvalue weighted by atomic mass is 10.1. The molecule has 0 aliphatic heterocycles. The molecule has 0 saturated carbocycles. The third-order valence-electron chi connectivity index (χ3n) is 4.15. The molecule has 0 aliphatic rings. The maximum atomic E-state index is 12.6. The topological polar surface area (TPSA) is 68.3 Å². The van der Waals surface area contributed by atoms with Crippen LogP contribution in [-0.2, 0) is 16.2 Å². The van der Waals surface area contributed by atoms with Crippen LogP contribution in [0, 0.1) is 0 Å². The first-order valence-electron chi connectivity index (χ1n) is 8.99. The molecular formula is C21H19F3N2O3S. The van der Waals surface area contributed by atoms with Crippen LogP contribution in [0.3, 0.4) is 0 Å². The molecule has 158 valence electrons. The number of hydrogen-bond acceptors (Lipinski definition) is 4. The van der Waals surface area contributed by atoms with Crippen LogP contribution in [0.1, 0.15) is 31.0 Å². The minimum absolute atomic E-state index is 0.000908. The van der Waals surface area contributed by atoms with Crippen molar-refractivity contribution in [1.29, 1.82) is 0 Å². The zero-order valence-electron chi connectivity index (χ0n) is 16.1. The predicted octanol–water partition coefficient (Wildman–Crippen LogP) is 5.82. The van der Waals surface area contributed by atoms with Crippen LogP contribution in [-0.4, -0.2) is 13.4 Å². The molecule has 2 aromatic carbocycles. The van der Waals surface area contributed by atoms with Crippen LogP contribution in [0.5, 0.6) is 11.5 Å². The van der Waals surface area contributed by atoms with E-state index in [1.54, 1.807) is 12.1 Å². The van der Waals surface area contributed by atoms with E-state index in [2.05, 4.69) is 9.71 Å². The minimum atomic E-state index is -4.43. The van der Waals surface area contributed by atoms with Crippen molar-refractivity contribution >= 4 is 15.8 Å². The maximum Gasteiger partial charge on any atom is 0.416 e. The Balaban J connectivity index is 1.72. The van der Waals surface area contributed by atoms with E-state index < -0.39 is 21.8 Å². The molecule has 0 bridgehead atoms. The minimum Gasteiger partial charge on any atom is -0.457 e. The van der Waals surface area contributed by atoms with Crippen LogP contribution in [0.15, 0.2) is 71.6 Å². The van der Waals surface area contributed by atoms with Crippen molar-refractivity contribution in [3.05, 3.63) is 78.0 Å². The highest BCUT2D eigenvalue weighted by atomic mass is 32.2. The van der Waals surface area contributed by atoms with Crippen molar-refractivity contribution in [1.82, 2.24) is 4.98 Å². The number of halogens is 3. The Kier molecular flexibility index (Phi) is 6.02. The number of nitrogens with one attached hydrogen (secondary N) is 1. The van der Waals surface area contributed by atoms with Crippen LogP contribution < -0.4 is 9.46 Å². The second-order valence-electron chi connectivity index (χ2n) is 6.80. The van der Waals surface area contributed by atoms with Crippen molar-refractivity contribution in [3.8, 4) is 11.5 Å². The van der Waals surface area contributed by atoms with Gasteiger partial charge in [0.05, 0.1) is 10.5 Å². The quantitative estimate of drug-likeness (QED) is 0.529. The lowest BCUT2D eigenvalue weighted by Crippen LogP contribution is -2.14. The van der Waals surface area contributed by atoms with E-state index in [0.29, 0.717) is 0 Å². The highest BCUT2D eigenvalue weighted by Crippen LogP contribution is 2.31. The molecule has 0 fully saturated rings. The molecule has 3 aromatic rings. The van der Waals surface area contributed by atoms with Crippen molar-refractivity contribution in [2.24, 2.45) is 0 Å². The summed E-state index contributed by atoms with van der Waals surface area (Å²) in [6.45, 7) is 3.91. The molecule has 0 radical (unpaired) electrons. The third-order valence-corrected chi connectivity index (χ3v) is 5.52. The first-order valence-corrected chi connectivity index (χ1v) is 10.5. The second-order valence-corrected chi connectivity index (χ2v) is 8.49. The summed E-state index contributed by atoms with van der Waals surface area (Å²) in [7, 11) is -3.86. The normalized spacial score (nSPS) is 12.1. The number of benzene rings is 2. The molecule has 0 atom stereocenters. The molecule has 3 rings (SSSR count). The zero-order chi connectivity index (χ0) is 21.9. The zero-order valence-corrected chi connectivity index (χ0v) is 17.0. The van der Waals surface area contributed by atoms with Gasteiger partial charge in [0.1, 0.15) is 17.3 Å². The molecular weight excluding hydrogens is 417 g/mol. The SMILES string of the molecule is CC(C)c1cccc(NS(=O)(=O)c2ccc(Oc3ccc(C(F)(F)F)cc3)cc2)n1. The molecule has 30 heavy (non-hydrogen) atoms. The molecule has 1 heterocycles. The van der Waals surface area contributed by atoms with E-state index in [9.17, 15) is 21.6 Å². The molecule has 0 amide bonds. The number of aromatic nitrogens is 1. The first-order chi connectivity index (χ1) is 14.0. The summed E-state index contributed by atoms with van der Waals surface area (Å²) in [5, 5.41) is 0. The van der Waals surface area contributed by atoms with E-state index in [4.69, 9.17) is 4.74 Å². The molecule has 0 spiro atoms. The van der Waals surface area contributed by atoms with E-state index in [1.165, 1.54) is 36.4 Å². The van der Waals surface area contributed by atoms with Crippen LogP contribution in [0.4, 0.5) is 19.0 Å². The Hall–Kier alpha value is -3.07. The van der Waals surface area contributed by atoms with Gasteiger partial charge in [-0.15, -0.1) is 0 Å². The van der Waals surface area contributed by atoms with Crippen molar-refractivity contribution in [2.45, 2.75) is 30.8 Å². The number of nitrogens with zero attached hydrogens (tertiary/aromatic N) is 1. The Morgan fingerprint density at radius 2 is 1.47 bits per heavy atom. The fourth-order valence-corrected chi connectivity index (χ4v) is 3.56. The van der Waals surface area contributed by atoms with E-state index in [1.807, 2.05) is 19.9 Å². The van der Waals surface area contributed by atoms with Gasteiger partial charge in [-0.3, -0.25) is 4.72 Å². The largest absolute Gasteiger partial charge is 0.457 e. The van der Waals surface area contributed by atoms with Gasteiger partial charge in [-0.05, 0) is 66.6 Å². The fraction of sp³-hybridized carbons (Fsp3) is 0.190. The highest BCUT2D eigenvalue weighted by Gasteiger charge is 2.30. The number of anilines is 1. The van der Waals surface area contributed by atoms with Crippen molar-refractivity contribution in [3.63, 3.8) is 0 Å². The van der Waals surface area contributed by atoms with Crippen LogP contribution in [0.2, 0.25) is 0 Å². The molecule has 0 aliphatic carbocycles. The first kappa shape index (κ1) is 21.6. The maximum absolute atomic E-state index is 12.6. The summed E-state index contributed by atoms with van der Waals surface area (Å²) in [5.74, 6) is 0.849. The van der Waals surface area contributed by atoms with Gasteiger partial charge in [0.25, 0.3) is 10.0 Å². The average Bonchev–Trinajstić information content (AvgIpc) is 2.68. The van der Waals surface area contributed by atoms with Crippen molar-refractivity contribution < 1.29 is 26.3 Å². The molecule has 1 N–H and O–H groups in total. The summed E-state index contributed by atoms with van der Waals surface area (Å²) in [6.07, 6.45) is -4.43. The second kappa shape index (κ2) is 8.35. The standard InChI is InChI=1S/C21H19F3N2O3S/c1-14(2)19-4-3-5-20(25-19)26-30(27,28)18-12-10-17(11-13-18)29-16-8-6-15(7-9-16)21(22,23)24/h3-14H,1-2H3,(H,25,26). The van der Waals surface area contributed by atoms with Gasteiger partial charge < -0.3 is 4.74 Å². The van der Waals surface area contributed by atoms with Crippen LogP contribution >= 0.6 is 0 Å². The lowest BCUT2D eigenvalue weighted by Gasteiger charge is -2.11. The van der Waals surface area contributed by atoms with Crippen LogP contribution in [0.25, 0.3) is 0 Å². The van der Waals surface area contributed by atoms with Gasteiger partial charge >= 0.3 is 6.18 Å². The number of hydrogen-bond donors (Lipinski definition) is 1. The monoisotopic (exact) mass is 436 g/mol. The number of pyridine rings is 1. The number of sulfonamides is 1. The van der Waals surface area contributed by atoms with Gasteiger partial charge in [0.2, 0.25) is 0 Å². The Bertz CT molecular complexity index is 1110. The molecule has 1 aromatic heterocycles. The van der Waals surface area contributed by atoms with E-state index in [0.717, 1.165) is 17.8 Å². The van der Waals surface area contributed by atoms with E-state index >= 15 is 0 Å². The van der Waals surface area contributed by atoms with Gasteiger partial charge in [-0.25, -0.2) is 13.4 Å². The summed E-state index contributed by atoms with van der Waals surface area (Å²) >= 11 is 0. The van der Waals surface area contributed by atoms with Gasteiger partial charge in [-0.2, -0.15) is 13.2 Å². The average molecular weight is 436 g/mol. The Morgan fingerprint density at radius 3 is 2.00 bits per heavy atom. The highest BCUT2D eigenvalue weighted by molar-refractivity contribution is 7.92. The smallest absolute Gasteiger partial charge is 0.416 e. The number of alkyl halides is 3. The summed E-state index contributed by atoms with van der Waals surface area (Å²) in [6, 6.07) is 14.8.